The Balaban J connectivity index is 2.17. The van der Waals surface area contributed by atoms with Gasteiger partial charge in [0.1, 0.15) is 12.4 Å². The lowest BCUT2D eigenvalue weighted by molar-refractivity contribution is -0.146. The standard InChI is InChI=1S/C18H17Br2ClFNO5S/c1-27-18(24)14(22)8-10-6-12(19)17(13(20)7-10)28-9-11-4-3-5-15(16(11)21)23-29(2,25)26/h3-7,14,23H,8-9H2,1-2H3. The molecule has 0 saturated carbocycles. The number of carbonyl (C=O) groups excluding carboxylic acids is 1. The minimum atomic E-state index is -3.47. The largest absolute Gasteiger partial charge is 0.486 e. The number of hydrogen-bond acceptors (Lipinski definition) is 5. The van der Waals surface area contributed by atoms with Crippen molar-refractivity contribution in [3.63, 3.8) is 0 Å². The second-order valence-corrected chi connectivity index (χ2v) is 9.86. The number of methoxy groups -OCH3 is 1. The van der Waals surface area contributed by atoms with Gasteiger partial charge in [-0.05, 0) is 55.6 Å². The molecule has 0 heterocycles. The fraction of sp³-hybridized carbons (Fsp3) is 0.278. The van der Waals surface area contributed by atoms with Gasteiger partial charge in [0.15, 0.2) is 0 Å². The van der Waals surface area contributed by atoms with Crippen LogP contribution in [-0.2, 0) is 32.6 Å². The van der Waals surface area contributed by atoms with Gasteiger partial charge in [-0.15, -0.1) is 0 Å². The van der Waals surface area contributed by atoms with E-state index in [9.17, 15) is 17.6 Å². The number of benzene rings is 2. The first kappa shape index (κ1) is 23.9. The second kappa shape index (κ2) is 10.1. The van der Waals surface area contributed by atoms with Crippen molar-refractivity contribution < 1.29 is 27.1 Å². The lowest BCUT2D eigenvalue weighted by Gasteiger charge is -2.15. The van der Waals surface area contributed by atoms with Gasteiger partial charge in [0, 0.05) is 12.0 Å². The molecule has 29 heavy (non-hydrogen) atoms. The van der Waals surface area contributed by atoms with Crippen LogP contribution in [0.3, 0.4) is 0 Å². The third kappa shape index (κ3) is 6.84. The van der Waals surface area contributed by atoms with Gasteiger partial charge < -0.3 is 9.47 Å². The molecule has 0 aliphatic heterocycles. The summed E-state index contributed by atoms with van der Waals surface area (Å²) in [6.07, 6.45) is -0.880. The van der Waals surface area contributed by atoms with Gasteiger partial charge in [-0.3, -0.25) is 4.72 Å². The van der Waals surface area contributed by atoms with Crippen molar-refractivity contribution in [1.82, 2.24) is 0 Å². The van der Waals surface area contributed by atoms with E-state index in [-0.39, 0.29) is 23.7 Å². The van der Waals surface area contributed by atoms with Gasteiger partial charge in [-0.2, -0.15) is 0 Å². The number of anilines is 1. The van der Waals surface area contributed by atoms with E-state index < -0.39 is 22.2 Å². The molecule has 1 atom stereocenters. The summed E-state index contributed by atoms with van der Waals surface area (Å²) in [5.41, 5.74) is 1.38. The Hall–Kier alpha value is -1.36. The van der Waals surface area contributed by atoms with E-state index in [1.807, 2.05) is 0 Å². The van der Waals surface area contributed by atoms with E-state index in [2.05, 4.69) is 41.3 Å². The third-order valence-corrected chi connectivity index (χ3v) is 5.89. The predicted octanol–water partition coefficient (Wildman–Crippen LogP) is 4.87. The van der Waals surface area contributed by atoms with Crippen molar-refractivity contribution in [3.05, 3.63) is 55.4 Å². The van der Waals surface area contributed by atoms with Crippen LogP contribution < -0.4 is 9.46 Å². The van der Waals surface area contributed by atoms with Gasteiger partial charge in [0.05, 0.1) is 33.0 Å². The van der Waals surface area contributed by atoms with Crippen molar-refractivity contribution in [2.75, 3.05) is 18.1 Å². The maximum Gasteiger partial charge on any atom is 0.340 e. The first-order valence-electron chi connectivity index (χ1n) is 8.09. The van der Waals surface area contributed by atoms with E-state index in [0.29, 0.717) is 25.8 Å². The molecule has 0 radical (unpaired) electrons. The van der Waals surface area contributed by atoms with Crippen LogP contribution in [0.1, 0.15) is 11.1 Å². The van der Waals surface area contributed by atoms with Crippen LogP contribution >= 0.6 is 43.5 Å². The molecule has 158 valence electrons. The maximum atomic E-state index is 13.8. The Morgan fingerprint density at radius 1 is 1.28 bits per heavy atom. The minimum absolute atomic E-state index is 0.0581. The van der Waals surface area contributed by atoms with Gasteiger partial charge >= 0.3 is 5.97 Å². The summed E-state index contributed by atoms with van der Waals surface area (Å²) in [5.74, 6) is -0.491. The number of esters is 1. The number of nitrogens with one attached hydrogen (secondary N) is 1. The van der Waals surface area contributed by atoms with E-state index in [1.165, 1.54) is 0 Å². The molecule has 0 amide bonds. The van der Waals surface area contributed by atoms with Crippen LogP contribution in [0.2, 0.25) is 5.02 Å². The Kier molecular flexibility index (Phi) is 8.33. The molecule has 0 spiro atoms. The molecule has 2 aromatic rings. The number of rotatable bonds is 8. The van der Waals surface area contributed by atoms with Crippen LogP contribution in [-0.4, -0.2) is 33.9 Å². The molecule has 0 aliphatic rings. The van der Waals surface area contributed by atoms with Crippen LogP contribution in [0, 0.1) is 0 Å². The highest BCUT2D eigenvalue weighted by Crippen LogP contribution is 2.37. The highest BCUT2D eigenvalue weighted by Gasteiger charge is 2.20. The summed E-state index contributed by atoms with van der Waals surface area (Å²) in [4.78, 5) is 11.3. The number of carbonyl (C=O) groups is 1. The third-order valence-electron chi connectivity index (χ3n) is 3.68. The molecular formula is C18H17Br2ClFNO5S. The van der Waals surface area contributed by atoms with E-state index in [4.69, 9.17) is 16.3 Å². The Labute approximate surface area is 190 Å². The van der Waals surface area contributed by atoms with Crippen molar-refractivity contribution in [2.45, 2.75) is 19.2 Å². The first-order valence-corrected chi connectivity index (χ1v) is 11.9. The summed E-state index contributed by atoms with van der Waals surface area (Å²) < 4.78 is 50.3. The van der Waals surface area contributed by atoms with Gasteiger partial charge in [0.2, 0.25) is 16.2 Å². The lowest BCUT2D eigenvalue weighted by atomic mass is 10.1. The van der Waals surface area contributed by atoms with Gasteiger partial charge in [-0.25, -0.2) is 17.6 Å². The molecule has 1 unspecified atom stereocenters. The molecule has 0 saturated heterocycles. The van der Waals surface area contributed by atoms with Crippen molar-refractivity contribution >= 4 is 65.1 Å². The van der Waals surface area contributed by atoms with E-state index >= 15 is 0 Å². The molecule has 1 N–H and O–H groups in total. The van der Waals surface area contributed by atoms with Crippen LogP contribution in [0.15, 0.2) is 39.3 Å². The van der Waals surface area contributed by atoms with Crippen molar-refractivity contribution in [3.8, 4) is 5.75 Å². The summed E-state index contributed by atoms with van der Waals surface area (Å²) in [6.45, 7) is 0.0581. The van der Waals surface area contributed by atoms with E-state index in [0.717, 1.165) is 13.4 Å². The summed E-state index contributed by atoms with van der Waals surface area (Å²) >= 11 is 13.0. The van der Waals surface area contributed by atoms with E-state index in [1.54, 1.807) is 30.3 Å². The molecule has 0 fully saturated rings. The number of sulfonamides is 1. The molecule has 6 nitrogen and oxygen atoms in total. The summed E-state index contributed by atoms with van der Waals surface area (Å²) in [6, 6.07) is 8.18. The number of halogens is 4. The quantitative estimate of drug-likeness (QED) is 0.456. The number of ether oxygens (including phenoxy) is 2. The Morgan fingerprint density at radius 3 is 2.45 bits per heavy atom. The average molecular weight is 574 g/mol. The second-order valence-electron chi connectivity index (χ2n) is 6.02. The molecule has 2 rings (SSSR count). The lowest BCUT2D eigenvalue weighted by Crippen LogP contribution is -2.19. The smallest absolute Gasteiger partial charge is 0.340 e. The average Bonchev–Trinajstić information content (AvgIpc) is 2.62. The Morgan fingerprint density at radius 2 is 1.90 bits per heavy atom. The van der Waals surface area contributed by atoms with Crippen LogP contribution in [0.25, 0.3) is 0 Å². The zero-order chi connectivity index (χ0) is 21.8. The van der Waals surface area contributed by atoms with Gasteiger partial charge in [0.25, 0.3) is 0 Å². The first-order chi connectivity index (χ1) is 13.5. The number of alkyl halides is 1. The SMILES string of the molecule is COC(=O)C(F)Cc1cc(Br)c(OCc2cccc(NS(C)(=O)=O)c2Cl)c(Br)c1. The maximum absolute atomic E-state index is 13.8. The van der Waals surface area contributed by atoms with Crippen LogP contribution in [0.4, 0.5) is 10.1 Å². The monoisotopic (exact) mass is 571 g/mol. The minimum Gasteiger partial charge on any atom is -0.486 e. The normalized spacial score (nSPS) is 12.3. The molecule has 0 bridgehead atoms. The van der Waals surface area contributed by atoms with Gasteiger partial charge in [-0.1, -0.05) is 23.7 Å². The van der Waals surface area contributed by atoms with Crippen molar-refractivity contribution in [2.24, 2.45) is 0 Å². The topological polar surface area (TPSA) is 81.7 Å². The Bertz CT molecular complexity index is 996. The molecule has 11 heteroatoms. The fourth-order valence-electron chi connectivity index (χ4n) is 2.41. The zero-order valence-electron chi connectivity index (χ0n) is 15.3. The molecule has 0 aliphatic carbocycles. The highest BCUT2D eigenvalue weighted by atomic mass is 79.9. The zero-order valence-corrected chi connectivity index (χ0v) is 20.1. The summed E-state index contributed by atoms with van der Waals surface area (Å²) in [5, 5.41) is 0.222. The molecule has 2 aromatic carbocycles. The predicted molar refractivity (Wildman–Crippen MR) is 117 cm³/mol. The number of hydrogen-bond donors (Lipinski definition) is 1. The molecular weight excluding hydrogens is 557 g/mol. The molecule has 0 aromatic heterocycles. The fourth-order valence-corrected chi connectivity index (χ4v) is 4.77. The van der Waals surface area contributed by atoms with Crippen LogP contribution in [0.5, 0.6) is 5.75 Å². The van der Waals surface area contributed by atoms with Crippen molar-refractivity contribution in [1.29, 1.82) is 0 Å². The highest BCUT2D eigenvalue weighted by molar-refractivity contribution is 9.11. The summed E-state index contributed by atoms with van der Waals surface area (Å²) in [7, 11) is -2.35.